The van der Waals surface area contributed by atoms with Gasteiger partial charge in [-0.2, -0.15) is 0 Å². The van der Waals surface area contributed by atoms with E-state index in [0.29, 0.717) is 18.8 Å². The van der Waals surface area contributed by atoms with Gasteiger partial charge in [-0.05, 0) is 24.1 Å². The number of benzene rings is 1. The Morgan fingerprint density at radius 2 is 1.83 bits per heavy atom. The number of aromatic nitrogens is 1. The highest BCUT2D eigenvalue weighted by atomic mass is 32.2. The van der Waals surface area contributed by atoms with E-state index >= 15 is 0 Å². The highest BCUT2D eigenvalue weighted by molar-refractivity contribution is 7.92. The Kier molecular flexibility index (Phi) is 7.06. The molecule has 6 heteroatoms. The summed E-state index contributed by atoms with van der Waals surface area (Å²) in [5.74, 6) is 0.768. The van der Waals surface area contributed by atoms with E-state index in [1.54, 1.807) is 18.3 Å². The van der Waals surface area contributed by atoms with Crippen molar-refractivity contribution in [2.24, 2.45) is 0 Å². The van der Waals surface area contributed by atoms with Crippen LogP contribution in [0.25, 0.3) is 0 Å². The lowest BCUT2D eigenvalue weighted by molar-refractivity contribution is 0.307. The molecule has 0 saturated carbocycles. The maximum atomic E-state index is 12.2. The molecule has 0 bridgehead atoms. The number of hydrogen-bond acceptors (Lipinski definition) is 4. The summed E-state index contributed by atoms with van der Waals surface area (Å²) in [6, 6.07) is 13.1. The van der Waals surface area contributed by atoms with Crippen LogP contribution in [0.4, 0.5) is 5.82 Å². The average molecular weight is 348 g/mol. The lowest BCUT2D eigenvalue weighted by Crippen LogP contribution is -2.18. The van der Waals surface area contributed by atoms with E-state index in [0.717, 1.165) is 24.8 Å². The summed E-state index contributed by atoms with van der Waals surface area (Å²) in [4.78, 5) is 4.11. The van der Waals surface area contributed by atoms with Gasteiger partial charge in [0.1, 0.15) is 6.61 Å². The molecule has 0 saturated heterocycles. The van der Waals surface area contributed by atoms with E-state index in [2.05, 4.69) is 16.6 Å². The van der Waals surface area contributed by atoms with Gasteiger partial charge in [0.05, 0.1) is 5.75 Å². The molecule has 0 aliphatic heterocycles. The number of sulfonamides is 1. The number of anilines is 1. The van der Waals surface area contributed by atoms with Gasteiger partial charge in [-0.3, -0.25) is 4.72 Å². The summed E-state index contributed by atoms with van der Waals surface area (Å²) < 4.78 is 32.6. The minimum absolute atomic E-state index is 0.0989. The first-order valence-corrected chi connectivity index (χ1v) is 9.88. The molecule has 130 valence electrons. The van der Waals surface area contributed by atoms with Crippen molar-refractivity contribution < 1.29 is 13.2 Å². The second-order valence-corrected chi connectivity index (χ2v) is 7.45. The fraction of sp³-hybridized carbons (Fsp3) is 0.389. The first kappa shape index (κ1) is 18.3. The third kappa shape index (κ3) is 6.20. The van der Waals surface area contributed by atoms with Crippen LogP contribution in [0.3, 0.4) is 0 Å². The third-order valence-corrected chi connectivity index (χ3v) is 4.86. The standard InChI is InChI=1S/C18H24N2O3S/c1-2-3-4-8-14-24(21,22)20-18-17(12-9-13-19-18)23-15-16-10-6-5-7-11-16/h5-7,9-13H,2-4,8,14-15H2,1H3,(H,19,20). The molecule has 0 aliphatic rings. The van der Waals surface area contributed by atoms with Gasteiger partial charge < -0.3 is 4.74 Å². The predicted molar refractivity (Wildman–Crippen MR) is 96.6 cm³/mol. The maximum absolute atomic E-state index is 12.2. The second kappa shape index (κ2) is 9.27. The average Bonchev–Trinajstić information content (AvgIpc) is 2.59. The molecule has 1 aromatic carbocycles. The third-order valence-electron chi connectivity index (χ3n) is 3.53. The first-order chi connectivity index (χ1) is 11.6. The summed E-state index contributed by atoms with van der Waals surface area (Å²) in [5.41, 5.74) is 1.01. The second-order valence-electron chi connectivity index (χ2n) is 5.61. The van der Waals surface area contributed by atoms with E-state index in [4.69, 9.17) is 4.74 Å². The molecule has 1 N–H and O–H groups in total. The summed E-state index contributed by atoms with van der Waals surface area (Å²) >= 11 is 0. The highest BCUT2D eigenvalue weighted by Gasteiger charge is 2.14. The van der Waals surface area contributed by atoms with E-state index in [1.165, 1.54) is 0 Å². The van der Waals surface area contributed by atoms with Gasteiger partial charge >= 0.3 is 0 Å². The van der Waals surface area contributed by atoms with E-state index < -0.39 is 10.0 Å². The Labute approximate surface area is 144 Å². The fourth-order valence-corrected chi connectivity index (χ4v) is 3.37. The number of nitrogens with one attached hydrogen (secondary N) is 1. The van der Waals surface area contributed by atoms with Crippen LogP contribution in [-0.2, 0) is 16.6 Å². The van der Waals surface area contributed by atoms with Crippen molar-refractivity contribution in [3.8, 4) is 5.75 Å². The molecule has 0 atom stereocenters. The Bertz CT molecular complexity index is 718. The Morgan fingerprint density at radius 3 is 2.58 bits per heavy atom. The normalized spacial score (nSPS) is 11.2. The Balaban J connectivity index is 1.97. The van der Waals surface area contributed by atoms with Crippen LogP contribution in [-0.4, -0.2) is 19.2 Å². The highest BCUT2D eigenvalue weighted by Crippen LogP contribution is 2.23. The van der Waals surface area contributed by atoms with Crippen molar-refractivity contribution in [3.05, 3.63) is 54.2 Å². The zero-order valence-corrected chi connectivity index (χ0v) is 14.8. The largest absolute Gasteiger partial charge is 0.485 e. The zero-order chi connectivity index (χ0) is 17.3. The monoisotopic (exact) mass is 348 g/mol. The summed E-state index contributed by atoms with van der Waals surface area (Å²) in [5, 5.41) is 0. The maximum Gasteiger partial charge on any atom is 0.233 e. The molecule has 0 fully saturated rings. The molecule has 0 unspecified atom stereocenters. The van der Waals surface area contributed by atoms with Crippen molar-refractivity contribution in [3.63, 3.8) is 0 Å². The molecule has 24 heavy (non-hydrogen) atoms. The summed E-state index contributed by atoms with van der Waals surface area (Å²) in [7, 11) is -3.41. The van der Waals surface area contributed by atoms with E-state index in [-0.39, 0.29) is 11.6 Å². The Hall–Kier alpha value is -2.08. The molecule has 1 heterocycles. The quantitative estimate of drug-likeness (QED) is 0.659. The number of unbranched alkanes of at least 4 members (excludes halogenated alkanes) is 3. The first-order valence-electron chi connectivity index (χ1n) is 8.23. The SMILES string of the molecule is CCCCCCS(=O)(=O)Nc1ncccc1OCc1ccccc1. The van der Waals surface area contributed by atoms with E-state index in [1.807, 2.05) is 30.3 Å². The number of nitrogens with zero attached hydrogens (tertiary/aromatic N) is 1. The van der Waals surface area contributed by atoms with Gasteiger partial charge in [0.2, 0.25) is 10.0 Å². The molecule has 0 aliphatic carbocycles. The van der Waals surface area contributed by atoms with E-state index in [9.17, 15) is 8.42 Å². The van der Waals surface area contributed by atoms with Crippen molar-refractivity contribution in [2.75, 3.05) is 10.5 Å². The molecule has 0 radical (unpaired) electrons. The lowest BCUT2D eigenvalue weighted by Gasteiger charge is -2.12. The molecule has 2 rings (SSSR count). The number of ether oxygens (including phenoxy) is 1. The van der Waals surface area contributed by atoms with Gasteiger partial charge in [-0.1, -0.05) is 56.5 Å². The van der Waals surface area contributed by atoms with Gasteiger partial charge in [-0.15, -0.1) is 0 Å². The number of rotatable bonds is 10. The molecule has 2 aromatic rings. The smallest absolute Gasteiger partial charge is 0.233 e. The van der Waals surface area contributed by atoms with Crippen molar-refractivity contribution >= 4 is 15.8 Å². The number of hydrogen-bond donors (Lipinski definition) is 1. The van der Waals surface area contributed by atoms with Crippen LogP contribution in [0.5, 0.6) is 5.75 Å². The lowest BCUT2D eigenvalue weighted by atomic mass is 10.2. The van der Waals surface area contributed by atoms with Crippen LogP contribution in [0.2, 0.25) is 0 Å². The molecular weight excluding hydrogens is 324 g/mol. The van der Waals surface area contributed by atoms with Gasteiger partial charge in [0, 0.05) is 6.20 Å². The Morgan fingerprint density at radius 1 is 1.04 bits per heavy atom. The van der Waals surface area contributed by atoms with Gasteiger partial charge in [0.15, 0.2) is 11.6 Å². The zero-order valence-electron chi connectivity index (χ0n) is 13.9. The van der Waals surface area contributed by atoms with Crippen molar-refractivity contribution in [2.45, 2.75) is 39.2 Å². The van der Waals surface area contributed by atoms with Crippen molar-refractivity contribution in [1.82, 2.24) is 4.98 Å². The van der Waals surface area contributed by atoms with Crippen molar-refractivity contribution in [1.29, 1.82) is 0 Å². The molecule has 1 aromatic heterocycles. The minimum atomic E-state index is -3.41. The topological polar surface area (TPSA) is 68.3 Å². The predicted octanol–water partition coefficient (Wildman–Crippen LogP) is 3.98. The van der Waals surface area contributed by atoms with Gasteiger partial charge in [-0.25, -0.2) is 13.4 Å². The minimum Gasteiger partial charge on any atom is -0.485 e. The fourth-order valence-electron chi connectivity index (χ4n) is 2.24. The van der Waals surface area contributed by atoms with Crippen LogP contribution in [0.1, 0.15) is 38.2 Å². The van der Waals surface area contributed by atoms with Crippen LogP contribution in [0.15, 0.2) is 48.7 Å². The molecule has 0 spiro atoms. The van der Waals surface area contributed by atoms with Gasteiger partial charge in [0.25, 0.3) is 0 Å². The van der Waals surface area contributed by atoms with Crippen LogP contribution < -0.4 is 9.46 Å². The van der Waals surface area contributed by atoms with Crippen LogP contribution in [0, 0.1) is 0 Å². The molecular formula is C18H24N2O3S. The molecule has 0 amide bonds. The summed E-state index contributed by atoms with van der Waals surface area (Å²) in [6.45, 7) is 2.45. The summed E-state index contributed by atoms with van der Waals surface area (Å²) in [6.07, 6.45) is 5.23. The molecule has 5 nitrogen and oxygen atoms in total. The number of pyridine rings is 1. The van der Waals surface area contributed by atoms with Crippen LogP contribution >= 0.6 is 0 Å².